The number of aliphatic hydroxyl groups is 1. The topological polar surface area (TPSA) is 54.7 Å². The first-order chi connectivity index (χ1) is 16.1. The van der Waals surface area contributed by atoms with Crippen LogP contribution in [0.3, 0.4) is 0 Å². The standard InChI is InChI=1S/C27H28N2O3S/c1-28-13-11-23-16-22(8-10-24(23)28)26-18-33(31)19-29(26)25-9-7-20(12-14-30)15-27(25)32-17-21-5-3-2-4-6-21/h2-11,13,15-16,26,30H,12,14,17-19H2,1H3. The van der Waals surface area contributed by atoms with E-state index in [1.165, 1.54) is 10.9 Å². The van der Waals surface area contributed by atoms with Gasteiger partial charge in [-0.05, 0) is 58.8 Å². The lowest BCUT2D eigenvalue weighted by Gasteiger charge is -2.28. The van der Waals surface area contributed by atoms with E-state index in [1.807, 2.05) is 55.6 Å². The molecular weight excluding hydrogens is 432 g/mol. The molecule has 1 aromatic heterocycles. The van der Waals surface area contributed by atoms with Gasteiger partial charge in [0.25, 0.3) is 0 Å². The van der Waals surface area contributed by atoms with Crippen molar-refractivity contribution in [2.75, 3.05) is 23.1 Å². The molecule has 1 N–H and O–H groups in total. The summed E-state index contributed by atoms with van der Waals surface area (Å²) >= 11 is 0. The van der Waals surface area contributed by atoms with Gasteiger partial charge in [0.1, 0.15) is 12.4 Å². The van der Waals surface area contributed by atoms with Crippen molar-refractivity contribution in [2.24, 2.45) is 7.05 Å². The molecule has 170 valence electrons. The number of benzene rings is 3. The van der Waals surface area contributed by atoms with Crippen LogP contribution in [0, 0.1) is 0 Å². The number of hydrogen-bond donors (Lipinski definition) is 1. The number of nitrogens with zero attached hydrogens (tertiary/aromatic N) is 2. The number of rotatable bonds is 7. The van der Waals surface area contributed by atoms with Gasteiger partial charge in [-0.2, -0.15) is 0 Å². The number of hydrogen-bond acceptors (Lipinski definition) is 4. The normalized spacial score (nSPS) is 18.2. The molecule has 1 aliphatic rings. The highest BCUT2D eigenvalue weighted by Gasteiger charge is 2.33. The first-order valence-electron chi connectivity index (χ1n) is 11.2. The number of aliphatic hydroxyl groups excluding tert-OH is 1. The first-order valence-corrected chi connectivity index (χ1v) is 12.7. The Morgan fingerprint density at radius 3 is 2.70 bits per heavy atom. The molecule has 5 nitrogen and oxygen atoms in total. The monoisotopic (exact) mass is 460 g/mol. The maximum Gasteiger partial charge on any atom is 0.143 e. The summed E-state index contributed by atoms with van der Waals surface area (Å²) in [6.07, 6.45) is 2.64. The summed E-state index contributed by atoms with van der Waals surface area (Å²) in [5, 5.41) is 10.6. The molecule has 1 aliphatic heterocycles. The fourth-order valence-electron chi connectivity index (χ4n) is 4.52. The molecule has 0 saturated carbocycles. The molecule has 4 aromatic rings. The maximum atomic E-state index is 12.7. The second kappa shape index (κ2) is 9.41. The van der Waals surface area contributed by atoms with Gasteiger partial charge in [0.05, 0.1) is 17.6 Å². The van der Waals surface area contributed by atoms with Crippen LogP contribution in [0.15, 0.2) is 79.0 Å². The lowest BCUT2D eigenvalue weighted by Crippen LogP contribution is -2.24. The fourth-order valence-corrected chi connectivity index (χ4v) is 5.98. The molecule has 5 rings (SSSR count). The zero-order valence-corrected chi connectivity index (χ0v) is 19.5. The lowest BCUT2D eigenvalue weighted by molar-refractivity contribution is 0.296. The average Bonchev–Trinajstić information content (AvgIpc) is 3.41. The van der Waals surface area contributed by atoms with Crippen LogP contribution in [-0.2, 0) is 30.9 Å². The highest BCUT2D eigenvalue weighted by atomic mass is 32.2. The van der Waals surface area contributed by atoms with Crippen LogP contribution in [-0.4, -0.2) is 32.1 Å². The maximum absolute atomic E-state index is 12.7. The van der Waals surface area contributed by atoms with Crippen molar-refractivity contribution in [2.45, 2.75) is 19.1 Å². The Morgan fingerprint density at radius 2 is 1.88 bits per heavy atom. The van der Waals surface area contributed by atoms with E-state index in [0.717, 1.165) is 28.1 Å². The zero-order chi connectivity index (χ0) is 22.8. The minimum Gasteiger partial charge on any atom is -0.487 e. The largest absolute Gasteiger partial charge is 0.487 e. The molecular formula is C27H28N2O3S. The predicted octanol–water partition coefficient (Wildman–Crippen LogP) is 4.56. The summed E-state index contributed by atoms with van der Waals surface area (Å²) in [6.45, 7) is 0.541. The van der Waals surface area contributed by atoms with Gasteiger partial charge in [0.2, 0.25) is 0 Å². The van der Waals surface area contributed by atoms with E-state index in [-0.39, 0.29) is 12.6 Å². The second-order valence-electron chi connectivity index (χ2n) is 8.52. The summed E-state index contributed by atoms with van der Waals surface area (Å²) in [5.74, 6) is 1.82. The SMILES string of the molecule is Cn1ccc2cc(C3CS(=O)CN3c3ccc(CCO)cc3OCc3ccccc3)ccc21. The number of ether oxygens (including phenoxy) is 1. The molecule has 0 aliphatic carbocycles. The highest BCUT2D eigenvalue weighted by Crippen LogP contribution is 2.40. The molecule has 2 atom stereocenters. The van der Waals surface area contributed by atoms with Crippen LogP contribution in [0.4, 0.5) is 5.69 Å². The summed E-state index contributed by atoms with van der Waals surface area (Å²) in [5.41, 5.74) is 5.40. The van der Waals surface area contributed by atoms with Crippen molar-refractivity contribution in [3.63, 3.8) is 0 Å². The Labute approximate surface area is 196 Å². The molecule has 0 amide bonds. The van der Waals surface area contributed by atoms with Crippen LogP contribution in [0.2, 0.25) is 0 Å². The smallest absolute Gasteiger partial charge is 0.143 e. The molecule has 2 unspecified atom stereocenters. The van der Waals surface area contributed by atoms with Crippen molar-refractivity contribution in [1.82, 2.24) is 4.57 Å². The Morgan fingerprint density at radius 1 is 1.03 bits per heavy atom. The Balaban J connectivity index is 1.50. The van der Waals surface area contributed by atoms with Crippen molar-refractivity contribution in [1.29, 1.82) is 0 Å². The molecule has 3 aromatic carbocycles. The molecule has 0 spiro atoms. The minimum absolute atomic E-state index is 0.0122. The van der Waals surface area contributed by atoms with Gasteiger partial charge in [0.15, 0.2) is 0 Å². The average molecular weight is 461 g/mol. The van der Waals surface area contributed by atoms with E-state index in [4.69, 9.17) is 4.74 Å². The van der Waals surface area contributed by atoms with Crippen LogP contribution in [0.5, 0.6) is 5.75 Å². The molecule has 1 saturated heterocycles. The van der Waals surface area contributed by atoms with Crippen molar-refractivity contribution in [3.8, 4) is 5.75 Å². The van der Waals surface area contributed by atoms with E-state index in [2.05, 4.69) is 39.9 Å². The van der Waals surface area contributed by atoms with E-state index in [9.17, 15) is 9.32 Å². The summed E-state index contributed by atoms with van der Waals surface area (Å²) in [7, 11) is 1.10. The highest BCUT2D eigenvalue weighted by molar-refractivity contribution is 7.85. The van der Waals surface area contributed by atoms with E-state index < -0.39 is 10.8 Å². The molecule has 0 bridgehead atoms. The Kier molecular flexibility index (Phi) is 6.20. The number of fused-ring (bicyclic) bond motifs is 1. The van der Waals surface area contributed by atoms with Gasteiger partial charge in [-0.15, -0.1) is 0 Å². The van der Waals surface area contributed by atoms with Crippen LogP contribution >= 0.6 is 0 Å². The van der Waals surface area contributed by atoms with Crippen molar-refractivity contribution < 1.29 is 14.1 Å². The van der Waals surface area contributed by atoms with Crippen molar-refractivity contribution >= 4 is 27.4 Å². The minimum atomic E-state index is -0.944. The van der Waals surface area contributed by atoms with Gasteiger partial charge in [-0.25, -0.2) is 0 Å². The van der Waals surface area contributed by atoms with E-state index in [0.29, 0.717) is 24.7 Å². The molecule has 0 radical (unpaired) electrons. The van der Waals surface area contributed by atoms with Crippen LogP contribution < -0.4 is 9.64 Å². The first kappa shape index (κ1) is 21.7. The van der Waals surface area contributed by atoms with Crippen LogP contribution in [0.1, 0.15) is 22.7 Å². The van der Waals surface area contributed by atoms with Gasteiger partial charge >= 0.3 is 0 Å². The number of aryl methyl sites for hydroxylation is 1. The summed E-state index contributed by atoms with van der Waals surface area (Å²) in [6, 6.07) is 24.8. The quantitative estimate of drug-likeness (QED) is 0.439. The third-order valence-electron chi connectivity index (χ3n) is 6.27. The Bertz CT molecular complexity index is 1290. The van der Waals surface area contributed by atoms with E-state index in [1.54, 1.807) is 0 Å². The zero-order valence-electron chi connectivity index (χ0n) is 18.7. The molecule has 33 heavy (non-hydrogen) atoms. The Hall–Kier alpha value is -3.09. The molecule has 1 fully saturated rings. The van der Waals surface area contributed by atoms with Crippen LogP contribution in [0.25, 0.3) is 10.9 Å². The lowest BCUT2D eigenvalue weighted by atomic mass is 10.0. The second-order valence-corrected chi connectivity index (χ2v) is 9.99. The van der Waals surface area contributed by atoms with Gasteiger partial charge < -0.3 is 19.3 Å². The fraction of sp³-hybridized carbons (Fsp3) is 0.259. The van der Waals surface area contributed by atoms with Gasteiger partial charge in [-0.1, -0.05) is 42.5 Å². The van der Waals surface area contributed by atoms with Gasteiger partial charge in [-0.3, -0.25) is 4.21 Å². The number of aromatic nitrogens is 1. The van der Waals surface area contributed by atoms with E-state index >= 15 is 0 Å². The third kappa shape index (κ3) is 4.54. The third-order valence-corrected chi connectivity index (χ3v) is 7.52. The predicted molar refractivity (Wildman–Crippen MR) is 134 cm³/mol. The number of anilines is 1. The molecule has 6 heteroatoms. The van der Waals surface area contributed by atoms with Crippen molar-refractivity contribution in [3.05, 3.63) is 95.7 Å². The molecule has 2 heterocycles. The summed E-state index contributed by atoms with van der Waals surface area (Å²) < 4.78 is 21.1. The van der Waals surface area contributed by atoms with Gasteiger partial charge in [0, 0.05) is 41.9 Å². The summed E-state index contributed by atoms with van der Waals surface area (Å²) in [4.78, 5) is 2.21.